The number of nitrogens with one attached hydrogen (secondary N) is 1. The predicted octanol–water partition coefficient (Wildman–Crippen LogP) is 0.0287. The minimum Gasteiger partial charge on any atom is -0.462 e. The van der Waals surface area contributed by atoms with Gasteiger partial charge in [0, 0.05) is 6.54 Å². The van der Waals surface area contributed by atoms with Crippen LogP contribution in [0, 0.1) is 0 Å². The van der Waals surface area contributed by atoms with Gasteiger partial charge in [0.25, 0.3) is 0 Å². The van der Waals surface area contributed by atoms with Crippen molar-refractivity contribution in [3.63, 3.8) is 0 Å². The molecule has 0 atom stereocenters. The molecule has 0 aromatic carbocycles. The molecule has 1 N–H and O–H groups in total. The number of thioether (sulfide) groups is 1. The molecule has 12 heavy (non-hydrogen) atoms. The maximum Gasteiger partial charge on any atom is 0.396 e. The Morgan fingerprint density at radius 3 is 2.67 bits per heavy atom. The van der Waals surface area contributed by atoms with Gasteiger partial charge in [-0.3, -0.25) is 4.79 Å². The minimum atomic E-state index is -0.834. The molecule has 4 nitrogen and oxygen atoms in total. The van der Waals surface area contributed by atoms with Crippen molar-refractivity contribution in [1.29, 1.82) is 0 Å². The van der Waals surface area contributed by atoms with Gasteiger partial charge in [0.15, 0.2) is 0 Å². The van der Waals surface area contributed by atoms with Crippen LogP contribution in [0.5, 0.6) is 0 Å². The van der Waals surface area contributed by atoms with Gasteiger partial charge in [0.1, 0.15) is 0 Å². The Labute approximate surface area is 76.0 Å². The van der Waals surface area contributed by atoms with Crippen LogP contribution in [0.15, 0.2) is 0 Å². The fourth-order valence-corrected chi connectivity index (χ4v) is 1.02. The zero-order valence-corrected chi connectivity index (χ0v) is 8.07. The van der Waals surface area contributed by atoms with Crippen LogP contribution < -0.4 is 5.32 Å². The molecule has 1 amide bonds. The molecule has 0 fully saturated rings. The molecule has 0 aromatic rings. The predicted molar refractivity (Wildman–Crippen MR) is 48.0 cm³/mol. The number of carbonyl (C=O) groups excluding carboxylic acids is 2. The first kappa shape index (κ1) is 11.3. The van der Waals surface area contributed by atoms with Gasteiger partial charge < -0.3 is 10.1 Å². The van der Waals surface area contributed by atoms with Gasteiger partial charge in [0.05, 0.1) is 7.11 Å². The molecule has 5 heteroatoms. The summed E-state index contributed by atoms with van der Waals surface area (Å²) < 4.78 is 4.21. The number of hydrogen-bond donors (Lipinski definition) is 1. The van der Waals surface area contributed by atoms with Crippen molar-refractivity contribution < 1.29 is 14.3 Å². The number of amides is 1. The lowest BCUT2D eigenvalue weighted by Crippen LogP contribution is -2.32. The van der Waals surface area contributed by atoms with E-state index in [1.807, 2.05) is 6.26 Å². The second kappa shape index (κ2) is 6.97. The first-order valence-electron chi connectivity index (χ1n) is 3.57. The van der Waals surface area contributed by atoms with Crippen LogP contribution in [0.4, 0.5) is 0 Å². The molecule has 0 unspecified atom stereocenters. The summed E-state index contributed by atoms with van der Waals surface area (Å²) in [4.78, 5) is 21.3. The highest BCUT2D eigenvalue weighted by molar-refractivity contribution is 7.98. The normalized spacial score (nSPS) is 9.17. The Kier molecular flexibility index (Phi) is 6.55. The summed E-state index contributed by atoms with van der Waals surface area (Å²) in [5.74, 6) is -0.528. The average molecular weight is 191 g/mol. The van der Waals surface area contributed by atoms with E-state index < -0.39 is 11.9 Å². The van der Waals surface area contributed by atoms with E-state index in [4.69, 9.17) is 0 Å². The van der Waals surface area contributed by atoms with Crippen LogP contribution in [-0.2, 0) is 14.3 Å². The highest BCUT2D eigenvalue weighted by Gasteiger charge is 2.11. The molecule has 0 aliphatic rings. The third kappa shape index (κ3) is 5.01. The SMILES string of the molecule is COC(=O)C(=O)NCCCSC. The molecule has 0 aromatic heterocycles. The highest BCUT2D eigenvalue weighted by atomic mass is 32.2. The third-order valence-corrected chi connectivity index (χ3v) is 1.88. The highest BCUT2D eigenvalue weighted by Crippen LogP contribution is 1.93. The minimum absolute atomic E-state index is 0.523. The number of methoxy groups -OCH3 is 1. The number of hydrogen-bond acceptors (Lipinski definition) is 4. The van der Waals surface area contributed by atoms with E-state index in [-0.39, 0.29) is 0 Å². The Bertz CT molecular complexity index is 161. The van der Waals surface area contributed by atoms with E-state index in [9.17, 15) is 9.59 Å². The zero-order chi connectivity index (χ0) is 9.40. The lowest BCUT2D eigenvalue weighted by Gasteiger charge is -2.01. The van der Waals surface area contributed by atoms with Crippen LogP contribution in [0.3, 0.4) is 0 Å². The summed E-state index contributed by atoms with van der Waals surface area (Å²) in [6.45, 7) is 0.523. The smallest absolute Gasteiger partial charge is 0.396 e. The summed E-state index contributed by atoms with van der Waals surface area (Å²) >= 11 is 1.70. The summed E-state index contributed by atoms with van der Waals surface area (Å²) in [5, 5.41) is 2.44. The number of esters is 1. The lowest BCUT2D eigenvalue weighted by molar-refractivity contribution is -0.152. The molecule has 0 saturated carbocycles. The van der Waals surface area contributed by atoms with Crippen molar-refractivity contribution in [2.24, 2.45) is 0 Å². The standard InChI is InChI=1S/C7H13NO3S/c1-11-7(10)6(9)8-4-3-5-12-2/h3-5H2,1-2H3,(H,8,9). The summed E-state index contributed by atoms with van der Waals surface area (Å²) in [5.41, 5.74) is 0. The fourth-order valence-electron chi connectivity index (χ4n) is 0.583. The number of rotatable bonds is 4. The van der Waals surface area contributed by atoms with E-state index in [2.05, 4.69) is 10.1 Å². The number of carbonyl (C=O) groups is 2. The van der Waals surface area contributed by atoms with Gasteiger partial charge >= 0.3 is 11.9 Å². The second-order valence-corrected chi connectivity index (χ2v) is 3.08. The molecule has 0 heterocycles. The van der Waals surface area contributed by atoms with Gasteiger partial charge in [-0.1, -0.05) is 0 Å². The fraction of sp³-hybridized carbons (Fsp3) is 0.714. The third-order valence-electron chi connectivity index (χ3n) is 1.18. The van der Waals surface area contributed by atoms with Crippen LogP contribution >= 0.6 is 11.8 Å². The van der Waals surface area contributed by atoms with Crippen molar-refractivity contribution >= 4 is 23.6 Å². The lowest BCUT2D eigenvalue weighted by atomic mass is 10.4. The molecule has 0 bridgehead atoms. The first-order valence-corrected chi connectivity index (χ1v) is 4.96. The quantitative estimate of drug-likeness (QED) is 0.387. The molecular formula is C7H13NO3S. The Hall–Kier alpha value is -0.710. The Balaban J connectivity index is 3.38. The maximum absolute atomic E-state index is 10.7. The zero-order valence-electron chi connectivity index (χ0n) is 7.25. The van der Waals surface area contributed by atoms with Crippen molar-refractivity contribution in [2.75, 3.05) is 25.7 Å². The largest absolute Gasteiger partial charge is 0.462 e. The molecule has 0 rings (SSSR count). The van der Waals surface area contributed by atoms with Gasteiger partial charge in [-0.05, 0) is 18.4 Å². The van der Waals surface area contributed by atoms with E-state index in [0.717, 1.165) is 12.2 Å². The van der Waals surface area contributed by atoms with Crippen LogP contribution in [-0.4, -0.2) is 37.5 Å². The van der Waals surface area contributed by atoms with Crippen molar-refractivity contribution in [1.82, 2.24) is 5.32 Å². The second-order valence-electron chi connectivity index (χ2n) is 2.09. The monoisotopic (exact) mass is 191 g/mol. The summed E-state index contributed by atoms with van der Waals surface area (Å²) in [7, 11) is 1.18. The van der Waals surface area contributed by atoms with E-state index in [1.165, 1.54) is 7.11 Å². The van der Waals surface area contributed by atoms with Crippen molar-refractivity contribution in [2.45, 2.75) is 6.42 Å². The molecule has 70 valence electrons. The van der Waals surface area contributed by atoms with Gasteiger partial charge in [-0.15, -0.1) is 0 Å². The Morgan fingerprint density at radius 1 is 1.50 bits per heavy atom. The Morgan fingerprint density at radius 2 is 2.17 bits per heavy atom. The van der Waals surface area contributed by atoms with Crippen molar-refractivity contribution in [3.05, 3.63) is 0 Å². The van der Waals surface area contributed by atoms with Gasteiger partial charge in [-0.2, -0.15) is 11.8 Å². The summed E-state index contributed by atoms with van der Waals surface area (Å²) in [6, 6.07) is 0. The number of ether oxygens (including phenoxy) is 1. The maximum atomic E-state index is 10.7. The van der Waals surface area contributed by atoms with E-state index in [1.54, 1.807) is 11.8 Å². The average Bonchev–Trinajstić information content (AvgIpc) is 2.10. The molecule has 0 radical (unpaired) electrons. The first-order chi connectivity index (χ1) is 5.72. The molecule has 0 aliphatic carbocycles. The van der Waals surface area contributed by atoms with E-state index >= 15 is 0 Å². The molecule has 0 spiro atoms. The van der Waals surface area contributed by atoms with Crippen LogP contribution in [0.2, 0.25) is 0 Å². The van der Waals surface area contributed by atoms with E-state index in [0.29, 0.717) is 6.54 Å². The van der Waals surface area contributed by atoms with Gasteiger partial charge in [-0.25, -0.2) is 4.79 Å². The summed E-state index contributed by atoms with van der Waals surface area (Å²) in [6.07, 6.45) is 2.85. The van der Waals surface area contributed by atoms with Gasteiger partial charge in [0.2, 0.25) is 0 Å². The topological polar surface area (TPSA) is 55.4 Å². The van der Waals surface area contributed by atoms with Crippen molar-refractivity contribution in [3.8, 4) is 0 Å². The molecular weight excluding hydrogens is 178 g/mol. The van der Waals surface area contributed by atoms with Crippen LogP contribution in [0.1, 0.15) is 6.42 Å². The molecule has 0 saturated heterocycles. The van der Waals surface area contributed by atoms with Crippen LogP contribution in [0.25, 0.3) is 0 Å². The molecule has 0 aliphatic heterocycles.